The molecule has 2 aliphatic heterocycles. The average Bonchev–Trinajstić information content (AvgIpc) is 3.34. The van der Waals surface area contributed by atoms with Crippen LogP contribution in [-0.4, -0.2) is 58.8 Å². The van der Waals surface area contributed by atoms with Crippen molar-refractivity contribution >= 4 is 17.4 Å². The van der Waals surface area contributed by atoms with Gasteiger partial charge in [0.2, 0.25) is 5.91 Å². The van der Waals surface area contributed by atoms with Crippen molar-refractivity contribution < 1.29 is 22.7 Å². The summed E-state index contributed by atoms with van der Waals surface area (Å²) in [5.74, 6) is 0.680. The molecule has 0 spiro atoms. The summed E-state index contributed by atoms with van der Waals surface area (Å²) in [4.78, 5) is 34.3. The highest BCUT2D eigenvalue weighted by atomic mass is 19.4. The number of H-pyrrole nitrogens is 1. The van der Waals surface area contributed by atoms with Gasteiger partial charge in [-0.1, -0.05) is 24.3 Å². The van der Waals surface area contributed by atoms with E-state index in [1.54, 1.807) is 35.2 Å². The number of aromatic amines is 1. The fourth-order valence-electron chi connectivity index (χ4n) is 5.10. The SMILES string of the molecule is N#Cc1ccc(N2CCN(C(=O)C/C=C\OC[C@@H]3c4ccccc4CN3c3cn[nH]c(=O)c3C(F)(F)F)CC2)nc1. The fourth-order valence-corrected chi connectivity index (χ4v) is 5.10. The van der Waals surface area contributed by atoms with E-state index in [-0.39, 0.29) is 31.2 Å². The van der Waals surface area contributed by atoms with Gasteiger partial charge in [0.05, 0.1) is 29.8 Å². The maximum Gasteiger partial charge on any atom is 0.423 e. The molecule has 4 heterocycles. The number of ether oxygens (including phenoxy) is 1. The Morgan fingerprint density at radius 3 is 2.63 bits per heavy atom. The number of carbonyl (C=O) groups excluding carboxylic acids is 1. The van der Waals surface area contributed by atoms with Gasteiger partial charge >= 0.3 is 6.18 Å². The number of halogens is 3. The number of benzene rings is 1. The van der Waals surface area contributed by atoms with Crippen LogP contribution < -0.4 is 15.4 Å². The lowest BCUT2D eigenvalue weighted by Crippen LogP contribution is -2.48. The zero-order valence-corrected chi connectivity index (χ0v) is 21.8. The van der Waals surface area contributed by atoms with Gasteiger partial charge in [-0.05, 0) is 29.3 Å². The zero-order valence-electron chi connectivity index (χ0n) is 21.8. The molecule has 0 aliphatic carbocycles. The van der Waals surface area contributed by atoms with Crippen molar-refractivity contribution in [3.8, 4) is 6.07 Å². The molecule has 1 atom stereocenters. The topological polar surface area (TPSA) is 118 Å². The number of alkyl halides is 3. The molecule has 1 fully saturated rings. The molecule has 1 aromatic carbocycles. The van der Waals surface area contributed by atoms with Crippen LogP contribution in [0.2, 0.25) is 0 Å². The van der Waals surface area contributed by atoms with E-state index in [4.69, 9.17) is 10.00 Å². The van der Waals surface area contributed by atoms with Crippen molar-refractivity contribution in [1.29, 1.82) is 5.26 Å². The van der Waals surface area contributed by atoms with Crippen LogP contribution in [-0.2, 0) is 22.3 Å². The molecule has 1 saturated heterocycles. The van der Waals surface area contributed by atoms with E-state index in [0.717, 1.165) is 23.1 Å². The van der Waals surface area contributed by atoms with Gasteiger partial charge in [0.15, 0.2) is 0 Å². The van der Waals surface area contributed by atoms with Gasteiger partial charge in [0.1, 0.15) is 24.1 Å². The quantitative estimate of drug-likeness (QED) is 0.434. The lowest BCUT2D eigenvalue weighted by atomic mass is 10.1. The number of hydrogen-bond donors (Lipinski definition) is 1. The number of pyridine rings is 1. The van der Waals surface area contributed by atoms with Crippen LogP contribution in [0.1, 0.15) is 34.7 Å². The molecule has 0 bridgehead atoms. The molecular weight excluding hydrogens is 539 g/mol. The second kappa shape index (κ2) is 11.7. The number of aromatic nitrogens is 3. The Morgan fingerprint density at radius 1 is 1.15 bits per heavy atom. The van der Waals surface area contributed by atoms with Crippen LogP contribution in [0.4, 0.5) is 24.7 Å². The molecule has 0 saturated carbocycles. The van der Waals surface area contributed by atoms with Crippen molar-refractivity contribution in [2.75, 3.05) is 42.6 Å². The predicted molar refractivity (Wildman–Crippen MR) is 143 cm³/mol. The number of nitriles is 1. The maximum atomic E-state index is 13.8. The number of nitrogens with one attached hydrogen (secondary N) is 1. The Labute approximate surface area is 233 Å². The monoisotopic (exact) mass is 565 g/mol. The summed E-state index contributed by atoms with van der Waals surface area (Å²) < 4.78 is 47.0. The van der Waals surface area contributed by atoms with Crippen molar-refractivity contribution in [2.24, 2.45) is 0 Å². The van der Waals surface area contributed by atoms with E-state index in [2.05, 4.69) is 15.0 Å². The van der Waals surface area contributed by atoms with Gasteiger partial charge < -0.3 is 19.4 Å². The summed E-state index contributed by atoms with van der Waals surface area (Å²) in [6, 6.07) is 12.2. The summed E-state index contributed by atoms with van der Waals surface area (Å²) in [6.07, 6.45) is 0.737. The first-order chi connectivity index (χ1) is 19.8. The van der Waals surface area contributed by atoms with E-state index < -0.39 is 23.3 Å². The van der Waals surface area contributed by atoms with Crippen molar-refractivity contribution in [3.05, 3.63) is 93.7 Å². The van der Waals surface area contributed by atoms with Gasteiger partial charge in [-0.25, -0.2) is 10.1 Å². The Kier molecular flexibility index (Phi) is 7.91. The Balaban J connectivity index is 1.18. The summed E-state index contributed by atoms with van der Waals surface area (Å²) >= 11 is 0. The standard InChI is InChI=1S/C28H26F3N7O3/c29-28(30,31)26-22(16-34-35-27(26)40)38-17-20-4-1-2-5-21(20)23(38)18-41-13-3-6-25(39)37-11-9-36(10-12-37)24-8-7-19(14-32)15-33-24/h1-5,7-8,13,15-16,23H,6,9-12,17-18H2,(H,35,40)/b13-3-/t23-/m1/s1. The third-order valence-electron chi connectivity index (χ3n) is 7.13. The van der Waals surface area contributed by atoms with Crippen LogP contribution in [0.25, 0.3) is 0 Å². The largest absolute Gasteiger partial charge is 0.499 e. The summed E-state index contributed by atoms with van der Waals surface area (Å²) in [5, 5.41) is 14.4. The average molecular weight is 566 g/mol. The Bertz CT molecular complexity index is 1520. The van der Waals surface area contributed by atoms with E-state index >= 15 is 0 Å². The molecule has 41 heavy (non-hydrogen) atoms. The smallest absolute Gasteiger partial charge is 0.423 e. The van der Waals surface area contributed by atoms with Gasteiger partial charge in [-0.15, -0.1) is 0 Å². The van der Waals surface area contributed by atoms with Gasteiger partial charge in [0.25, 0.3) is 5.56 Å². The van der Waals surface area contributed by atoms with Gasteiger partial charge in [-0.3, -0.25) is 9.59 Å². The molecule has 1 amide bonds. The lowest BCUT2D eigenvalue weighted by Gasteiger charge is -2.35. The van der Waals surface area contributed by atoms with E-state index in [1.807, 2.05) is 23.3 Å². The predicted octanol–water partition coefficient (Wildman–Crippen LogP) is 3.39. The highest BCUT2D eigenvalue weighted by Gasteiger charge is 2.42. The number of piperazine rings is 1. The minimum Gasteiger partial charge on any atom is -0.499 e. The van der Waals surface area contributed by atoms with Gasteiger partial charge in [-0.2, -0.15) is 23.5 Å². The highest BCUT2D eigenvalue weighted by Crippen LogP contribution is 2.42. The van der Waals surface area contributed by atoms with Crippen LogP contribution in [0.15, 0.2) is 65.9 Å². The van der Waals surface area contributed by atoms with Crippen molar-refractivity contribution in [1.82, 2.24) is 20.1 Å². The van der Waals surface area contributed by atoms with Crippen LogP contribution in [0.3, 0.4) is 0 Å². The van der Waals surface area contributed by atoms with Crippen molar-refractivity contribution in [2.45, 2.75) is 25.2 Å². The molecule has 2 aliphatic rings. The highest BCUT2D eigenvalue weighted by molar-refractivity contribution is 5.78. The van der Waals surface area contributed by atoms with E-state index in [1.165, 1.54) is 17.4 Å². The number of rotatable bonds is 7. The van der Waals surface area contributed by atoms with Gasteiger partial charge in [0, 0.05) is 45.3 Å². The molecule has 0 radical (unpaired) electrons. The maximum absolute atomic E-state index is 13.8. The first-order valence-corrected chi connectivity index (χ1v) is 12.9. The molecule has 3 aromatic rings. The van der Waals surface area contributed by atoms with E-state index in [0.29, 0.717) is 31.7 Å². The molecule has 10 nitrogen and oxygen atoms in total. The minimum atomic E-state index is -4.86. The number of amides is 1. The molecular formula is C28H26F3N7O3. The number of hydrogen-bond acceptors (Lipinski definition) is 8. The molecule has 5 rings (SSSR count). The summed E-state index contributed by atoms with van der Waals surface area (Å²) in [5.41, 5.74) is -0.830. The first kappa shape index (κ1) is 27.7. The third kappa shape index (κ3) is 6.01. The fraction of sp³-hybridized carbons (Fsp3) is 0.321. The number of carbonyl (C=O) groups is 1. The second-order valence-corrected chi connectivity index (χ2v) is 9.59. The minimum absolute atomic E-state index is 0.00205. The summed E-state index contributed by atoms with van der Waals surface area (Å²) in [7, 11) is 0. The molecule has 212 valence electrons. The normalized spacial score (nSPS) is 17.0. The molecule has 2 aromatic heterocycles. The Morgan fingerprint density at radius 2 is 1.93 bits per heavy atom. The number of nitrogens with zero attached hydrogens (tertiary/aromatic N) is 6. The van der Waals surface area contributed by atoms with E-state index in [9.17, 15) is 22.8 Å². The van der Waals surface area contributed by atoms with Crippen LogP contribution >= 0.6 is 0 Å². The van der Waals surface area contributed by atoms with Crippen LogP contribution in [0, 0.1) is 11.3 Å². The molecule has 1 N–H and O–H groups in total. The third-order valence-corrected chi connectivity index (χ3v) is 7.13. The Hall–Kier alpha value is -4.86. The zero-order chi connectivity index (χ0) is 29.0. The first-order valence-electron chi connectivity index (χ1n) is 12.9. The number of fused-ring (bicyclic) bond motifs is 1. The van der Waals surface area contributed by atoms with Crippen LogP contribution in [0.5, 0.6) is 0 Å². The summed E-state index contributed by atoms with van der Waals surface area (Å²) in [6.45, 7) is 2.42. The second-order valence-electron chi connectivity index (χ2n) is 9.59. The lowest BCUT2D eigenvalue weighted by molar-refractivity contribution is -0.138. The molecule has 0 unspecified atom stereocenters. The molecule has 13 heteroatoms. The number of anilines is 2. The van der Waals surface area contributed by atoms with Crippen molar-refractivity contribution in [3.63, 3.8) is 0 Å².